The summed E-state index contributed by atoms with van der Waals surface area (Å²) in [5, 5.41) is -0.401. The standard InChI is InChI=1S/C26H31FN4O5S/c1-5-19(6-2)36-26-21(25(32)31-37(33,34)24-9-7-8-23(28)30-24)10-11-22(29-26)17-12-18(27)14-20(13-17)35-15-16(3)4/h7-14,16,19H,5-6,15H2,1-4H3,(H2,28,30)(H,31,32). The van der Waals surface area contributed by atoms with Gasteiger partial charge in [-0.3, -0.25) is 4.79 Å². The van der Waals surface area contributed by atoms with Gasteiger partial charge in [-0.05, 0) is 55.2 Å². The zero-order valence-corrected chi connectivity index (χ0v) is 22.0. The molecular weight excluding hydrogens is 499 g/mol. The highest BCUT2D eigenvalue weighted by molar-refractivity contribution is 7.90. The molecule has 0 saturated heterocycles. The van der Waals surface area contributed by atoms with Crippen molar-refractivity contribution in [2.45, 2.75) is 51.7 Å². The van der Waals surface area contributed by atoms with Crippen LogP contribution in [0.1, 0.15) is 50.9 Å². The molecule has 3 aromatic rings. The molecule has 198 valence electrons. The lowest BCUT2D eigenvalue weighted by molar-refractivity contribution is 0.0971. The van der Waals surface area contributed by atoms with E-state index in [-0.39, 0.29) is 29.3 Å². The van der Waals surface area contributed by atoms with Gasteiger partial charge in [0.25, 0.3) is 15.9 Å². The van der Waals surface area contributed by atoms with E-state index in [4.69, 9.17) is 15.2 Å². The summed E-state index contributed by atoms with van der Waals surface area (Å²) in [6, 6.07) is 11.2. The molecule has 0 unspecified atom stereocenters. The molecule has 0 atom stereocenters. The molecular formula is C26H31FN4O5S. The van der Waals surface area contributed by atoms with Crippen LogP contribution in [-0.4, -0.2) is 37.0 Å². The van der Waals surface area contributed by atoms with Crippen molar-refractivity contribution >= 4 is 21.7 Å². The first kappa shape index (κ1) is 27.9. The van der Waals surface area contributed by atoms with Gasteiger partial charge in [-0.2, -0.15) is 8.42 Å². The number of hydrogen-bond donors (Lipinski definition) is 2. The van der Waals surface area contributed by atoms with Crippen LogP contribution in [0.15, 0.2) is 53.6 Å². The lowest BCUT2D eigenvalue weighted by Crippen LogP contribution is -2.32. The van der Waals surface area contributed by atoms with Crippen molar-refractivity contribution in [2.75, 3.05) is 12.3 Å². The summed E-state index contributed by atoms with van der Waals surface area (Å²) in [5.74, 6) is -0.955. The smallest absolute Gasteiger partial charge is 0.281 e. The fourth-order valence-electron chi connectivity index (χ4n) is 3.34. The summed E-state index contributed by atoms with van der Waals surface area (Å²) in [4.78, 5) is 21.3. The molecule has 2 aromatic heterocycles. The van der Waals surface area contributed by atoms with E-state index in [0.29, 0.717) is 36.5 Å². The fraction of sp³-hybridized carbons (Fsp3) is 0.346. The number of amides is 1. The average Bonchev–Trinajstić information content (AvgIpc) is 2.85. The van der Waals surface area contributed by atoms with E-state index in [2.05, 4.69) is 9.97 Å². The van der Waals surface area contributed by atoms with Crippen LogP contribution in [0.4, 0.5) is 10.2 Å². The highest BCUT2D eigenvalue weighted by Crippen LogP contribution is 2.29. The molecule has 11 heteroatoms. The Balaban J connectivity index is 1.99. The minimum atomic E-state index is -4.31. The number of pyridine rings is 2. The van der Waals surface area contributed by atoms with Crippen molar-refractivity contribution in [2.24, 2.45) is 5.92 Å². The van der Waals surface area contributed by atoms with Gasteiger partial charge in [-0.15, -0.1) is 0 Å². The Morgan fingerprint density at radius 1 is 1.08 bits per heavy atom. The van der Waals surface area contributed by atoms with Crippen LogP contribution < -0.4 is 19.9 Å². The van der Waals surface area contributed by atoms with Crippen molar-refractivity contribution in [3.05, 3.63) is 59.9 Å². The Hall–Kier alpha value is -3.73. The number of benzene rings is 1. The quantitative estimate of drug-likeness (QED) is 0.368. The number of nitrogens with one attached hydrogen (secondary N) is 1. The SMILES string of the molecule is CCC(CC)Oc1nc(-c2cc(F)cc(OCC(C)C)c2)ccc1C(=O)NS(=O)(=O)c1cccc(N)n1. The van der Waals surface area contributed by atoms with Gasteiger partial charge in [0.1, 0.15) is 22.9 Å². The van der Waals surface area contributed by atoms with Crippen LogP contribution in [0.25, 0.3) is 11.3 Å². The molecule has 9 nitrogen and oxygen atoms in total. The van der Waals surface area contributed by atoms with E-state index in [1.165, 1.54) is 42.5 Å². The van der Waals surface area contributed by atoms with E-state index in [1.807, 2.05) is 32.4 Å². The van der Waals surface area contributed by atoms with Crippen LogP contribution in [0.2, 0.25) is 0 Å². The van der Waals surface area contributed by atoms with Crippen molar-refractivity contribution in [1.29, 1.82) is 0 Å². The number of rotatable bonds is 11. The molecule has 0 radical (unpaired) electrons. The van der Waals surface area contributed by atoms with E-state index < -0.39 is 26.8 Å². The molecule has 0 saturated carbocycles. The minimum Gasteiger partial charge on any atom is -0.493 e. The van der Waals surface area contributed by atoms with Crippen LogP contribution in [-0.2, 0) is 10.0 Å². The topological polar surface area (TPSA) is 134 Å². The van der Waals surface area contributed by atoms with Crippen molar-refractivity contribution < 1.29 is 27.1 Å². The Morgan fingerprint density at radius 3 is 2.46 bits per heavy atom. The van der Waals surface area contributed by atoms with Crippen LogP contribution in [0.3, 0.4) is 0 Å². The summed E-state index contributed by atoms with van der Waals surface area (Å²) in [7, 11) is -4.31. The molecule has 0 aliphatic rings. The van der Waals surface area contributed by atoms with Gasteiger partial charge < -0.3 is 15.2 Å². The molecule has 0 fully saturated rings. The molecule has 1 amide bonds. The first-order valence-electron chi connectivity index (χ1n) is 11.9. The second-order valence-electron chi connectivity index (χ2n) is 8.82. The lowest BCUT2D eigenvalue weighted by Gasteiger charge is -2.18. The lowest BCUT2D eigenvalue weighted by atomic mass is 10.1. The summed E-state index contributed by atoms with van der Waals surface area (Å²) in [6.45, 7) is 8.21. The van der Waals surface area contributed by atoms with Crippen molar-refractivity contribution in [3.8, 4) is 22.9 Å². The number of carbonyl (C=O) groups excluding carboxylic acids is 1. The first-order valence-corrected chi connectivity index (χ1v) is 13.4. The van der Waals surface area contributed by atoms with Crippen LogP contribution >= 0.6 is 0 Å². The molecule has 3 N–H and O–H groups in total. The normalized spacial score (nSPS) is 11.5. The molecule has 0 aliphatic carbocycles. The van der Waals surface area contributed by atoms with Crippen LogP contribution in [0, 0.1) is 11.7 Å². The summed E-state index contributed by atoms with van der Waals surface area (Å²) >= 11 is 0. The zero-order valence-electron chi connectivity index (χ0n) is 21.2. The monoisotopic (exact) mass is 530 g/mol. The van der Waals surface area contributed by atoms with E-state index in [0.717, 1.165) is 0 Å². The third-order valence-corrected chi connectivity index (χ3v) is 6.52. The summed E-state index contributed by atoms with van der Waals surface area (Å²) in [5.41, 5.74) is 6.22. The number of aromatic nitrogens is 2. The van der Waals surface area contributed by atoms with Crippen molar-refractivity contribution in [3.63, 3.8) is 0 Å². The predicted octanol–water partition coefficient (Wildman–Crippen LogP) is 4.59. The van der Waals surface area contributed by atoms with Gasteiger partial charge in [0.15, 0.2) is 5.03 Å². The number of nitrogen functional groups attached to an aromatic ring is 1. The van der Waals surface area contributed by atoms with Gasteiger partial charge in [0.05, 0.1) is 18.4 Å². The molecule has 1 aromatic carbocycles. The number of nitrogens with two attached hydrogens (primary N) is 1. The Bertz CT molecular complexity index is 1360. The van der Waals surface area contributed by atoms with Crippen molar-refractivity contribution in [1.82, 2.24) is 14.7 Å². The fourth-order valence-corrected chi connectivity index (χ4v) is 4.29. The van der Waals surface area contributed by atoms with Crippen LogP contribution in [0.5, 0.6) is 11.6 Å². The predicted molar refractivity (Wildman–Crippen MR) is 138 cm³/mol. The maximum Gasteiger partial charge on any atom is 0.281 e. The second kappa shape index (κ2) is 12.0. The third-order valence-electron chi connectivity index (χ3n) is 5.29. The van der Waals surface area contributed by atoms with E-state index in [1.54, 1.807) is 6.07 Å². The maximum atomic E-state index is 14.4. The highest BCUT2D eigenvalue weighted by Gasteiger charge is 2.25. The summed E-state index contributed by atoms with van der Waals surface area (Å²) < 4.78 is 53.4. The van der Waals surface area contributed by atoms with Gasteiger partial charge >= 0.3 is 0 Å². The number of halogens is 1. The number of carbonyl (C=O) groups is 1. The first-order chi connectivity index (χ1) is 17.5. The minimum absolute atomic E-state index is 0.00839. The number of hydrogen-bond acceptors (Lipinski definition) is 8. The van der Waals surface area contributed by atoms with Gasteiger partial charge in [0.2, 0.25) is 5.88 Å². The number of anilines is 1. The van der Waals surface area contributed by atoms with E-state index in [9.17, 15) is 17.6 Å². The Kier molecular flexibility index (Phi) is 9.04. The maximum absolute atomic E-state index is 14.4. The zero-order chi connectivity index (χ0) is 27.2. The molecule has 0 bridgehead atoms. The van der Waals surface area contributed by atoms with E-state index >= 15 is 0 Å². The average molecular weight is 531 g/mol. The molecule has 3 rings (SSSR count). The van der Waals surface area contributed by atoms with Gasteiger partial charge in [-0.25, -0.2) is 19.1 Å². The molecule has 2 heterocycles. The Morgan fingerprint density at radius 2 is 1.81 bits per heavy atom. The largest absolute Gasteiger partial charge is 0.493 e. The molecule has 37 heavy (non-hydrogen) atoms. The number of sulfonamides is 1. The number of ether oxygens (including phenoxy) is 2. The van der Waals surface area contributed by atoms with Gasteiger partial charge in [-0.1, -0.05) is 33.8 Å². The van der Waals surface area contributed by atoms with Gasteiger partial charge in [0, 0.05) is 11.6 Å². The molecule has 0 spiro atoms. The second-order valence-corrected chi connectivity index (χ2v) is 10.5. The number of nitrogens with zero attached hydrogens (tertiary/aromatic N) is 2. The summed E-state index contributed by atoms with van der Waals surface area (Å²) in [6.07, 6.45) is 0.975. The molecule has 0 aliphatic heterocycles. The third kappa shape index (κ3) is 7.39. The Labute approximate surface area is 216 Å². The highest BCUT2D eigenvalue weighted by atomic mass is 32.2.